The minimum absolute atomic E-state index is 0.0250. The maximum atomic E-state index is 14.6. The summed E-state index contributed by atoms with van der Waals surface area (Å²) in [7, 11) is -1.29. The summed E-state index contributed by atoms with van der Waals surface area (Å²) in [6, 6.07) is 28.5. The molecule has 2 aliphatic heterocycles. The first-order chi connectivity index (χ1) is 16.5. The van der Waals surface area contributed by atoms with Crippen LogP contribution >= 0.6 is 8.15 Å². The van der Waals surface area contributed by atoms with Crippen LogP contribution < -0.4 is 0 Å². The standard InChI is InChI=1S/C31H35O3P/c1-28(2,3)21-33-35-27(29(4,5)6)30(22-15-9-7-10-16-22)26(32)24-19-13-14-20-25(24)31(35,34-30)23-17-11-8-12-18-23/h7-20,27H,21H2,1-6H3/t27-,30+,31+,35+/m1/s1. The number of hydrogen-bond acceptors (Lipinski definition) is 3. The molecule has 0 amide bonds. The van der Waals surface area contributed by atoms with Crippen LogP contribution in [0.25, 0.3) is 0 Å². The summed E-state index contributed by atoms with van der Waals surface area (Å²) < 4.78 is 14.4. The van der Waals surface area contributed by atoms with Gasteiger partial charge in [0.2, 0.25) is 0 Å². The van der Waals surface area contributed by atoms with Gasteiger partial charge in [0.05, 0.1) is 20.4 Å². The summed E-state index contributed by atoms with van der Waals surface area (Å²) in [4.78, 5) is 14.6. The number of ether oxygens (including phenoxy) is 1. The lowest BCUT2D eigenvalue weighted by Crippen LogP contribution is -2.52. The minimum Gasteiger partial charge on any atom is -0.355 e. The van der Waals surface area contributed by atoms with Crippen LogP contribution in [-0.2, 0) is 20.2 Å². The fourth-order valence-electron chi connectivity index (χ4n) is 5.63. The lowest BCUT2D eigenvalue weighted by molar-refractivity contribution is -0.0804. The molecule has 3 nitrogen and oxygen atoms in total. The molecule has 35 heavy (non-hydrogen) atoms. The zero-order valence-corrected chi connectivity index (χ0v) is 22.4. The second-order valence-corrected chi connectivity index (χ2v) is 14.1. The first-order valence-electron chi connectivity index (χ1n) is 12.4. The van der Waals surface area contributed by atoms with E-state index < -0.39 is 19.1 Å². The molecule has 0 saturated carbocycles. The highest BCUT2D eigenvalue weighted by Crippen LogP contribution is 2.79. The summed E-state index contributed by atoms with van der Waals surface area (Å²) in [6.45, 7) is 13.8. The van der Waals surface area contributed by atoms with Gasteiger partial charge in [0.25, 0.3) is 0 Å². The average Bonchev–Trinajstić information content (AvgIpc) is 3.13. The van der Waals surface area contributed by atoms with Gasteiger partial charge in [0, 0.05) is 11.1 Å². The molecule has 4 atom stereocenters. The molecule has 1 saturated heterocycles. The number of hydrogen-bond donors (Lipinski definition) is 0. The largest absolute Gasteiger partial charge is 0.355 e. The molecule has 0 aromatic heterocycles. The quantitative estimate of drug-likeness (QED) is 0.352. The van der Waals surface area contributed by atoms with Crippen molar-refractivity contribution in [1.82, 2.24) is 0 Å². The van der Waals surface area contributed by atoms with Crippen molar-refractivity contribution < 1.29 is 14.1 Å². The number of rotatable bonds is 4. The molecule has 182 valence electrons. The topological polar surface area (TPSA) is 35.5 Å². The predicted octanol–water partition coefficient (Wildman–Crippen LogP) is 7.88. The van der Waals surface area contributed by atoms with Crippen molar-refractivity contribution >= 4 is 13.9 Å². The van der Waals surface area contributed by atoms with Crippen LogP contribution in [0.1, 0.15) is 68.6 Å². The van der Waals surface area contributed by atoms with Crippen molar-refractivity contribution in [2.24, 2.45) is 10.8 Å². The molecule has 0 spiro atoms. The number of fused-ring (bicyclic) bond motifs is 4. The molecule has 0 N–H and O–H groups in total. The van der Waals surface area contributed by atoms with Gasteiger partial charge in [-0.05, 0) is 22.0 Å². The number of Topliss-reactive ketones (excluding diaryl/α,β-unsaturated/α-hetero) is 1. The van der Waals surface area contributed by atoms with Gasteiger partial charge >= 0.3 is 0 Å². The number of ketones is 1. The van der Waals surface area contributed by atoms with Crippen molar-refractivity contribution in [1.29, 1.82) is 0 Å². The van der Waals surface area contributed by atoms with Gasteiger partial charge in [0.15, 0.2) is 16.7 Å². The van der Waals surface area contributed by atoms with E-state index in [0.717, 1.165) is 22.3 Å². The molecule has 5 rings (SSSR count). The van der Waals surface area contributed by atoms with Crippen molar-refractivity contribution in [3.05, 3.63) is 107 Å². The predicted molar refractivity (Wildman–Crippen MR) is 143 cm³/mol. The van der Waals surface area contributed by atoms with Crippen LogP contribution in [-0.4, -0.2) is 18.0 Å². The zero-order valence-electron chi connectivity index (χ0n) is 21.5. The fraction of sp³-hybridized carbons (Fsp3) is 0.387. The van der Waals surface area contributed by atoms with Crippen molar-refractivity contribution in [2.45, 2.75) is 58.1 Å². The van der Waals surface area contributed by atoms with Crippen LogP contribution in [0.2, 0.25) is 0 Å². The lowest BCUT2D eigenvalue weighted by atomic mass is 9.71. The van der Waals surface area contributed by atoms with Gasteiger partial charge < -0.3 is 9.26 Å². The van der Waals surface area contributed by atoms with Crippen molar-refractivity contribution in [2.75, 3.05) is 6.61 Å². The first-order valence-corrected chi connectivity index (χ1v) is 13.7. The summed E-state index contributed by atoms with van der Waals surface area (Å²) in [5.41, 5.74) is 2.05. The monoisotopic (exact) mass is 486 g/mol. The number of carbonyl (C=O) groups excluding carboxylic acids is 1. The van der Waals surface area contributed by atoms with E-state index in [1.807, 2.05) is 54.6 Å². The van der Waals surface area contributed by atoms with E-state index in [4.69, 9.17) is 9.26 Å². The molecule has 3 aromatic rings. The van der Waals surface area contributed by atoms with E-state index in [2.05, 4.69) is 71.9 Å². The highest BCUT2D eigenvalue weighted by molar-refractivity contribution is 7.55. The maximum Gasteiger partial charge on any atom is 0.200 e. The Morgan fingerprint density at radius 1 is 0.800 bits per heavy atom. The Balaban J connectivity index is 1.89. The smallest absolute Gasteiger partial charge is 0.200 e. The summed E-state index contributed by atoms with van der Waals surface area (Å²) in [5.74, 6) is 0.0372. The maximum absolute atomic E-state index is 14.6. The van der Waals surface area contributed by atoms with E-state index in [-0.39, 0.29) is 22.3 Å². The highest BCUT2D eigenvalue weighted by Gasteiger charge is 2.74. The van der Waals surface area contributed by atoms with Gasteiger partial charge in [-0.2, -0.15) is 0 Å². The average molecular weight is 487 g/mol. The molecular weight excluding hydrogens is 451 g/mol. The molecule has 1 fully saturated rings. The second-order valence-electron chi connectivity index (χ2n) is 12.0. The molecule has 3 aromatic carbocycles. The summed E-state index contributed by atoms with van der Waals surface area (Å²) in [5, 5.41) is -0.847. The van der Waals surface area contributed by atoms with Crippen LogP contribution in [0.4, 0.5) is 0 Å². The minimum atomic E-state index is -1.29. The Labute approximate surface area is 210 Å². The van der Waals surface area contributed by atoms with E-state index in [1.54, 1.807) is 0 Å². The zero-order chi connectivity index (χ0) is 25.1. The molecule has 2 aliphatic rings. The van der Waals surface area contributed by atoms with E-state index in [0.29, 0.717) is 6.61 Å². The third-order valence-corrected chi connectivity index (χ3v) is 10.2. The Bertz CT molecular complexity index is 1230. The molecule has 0 aliphatic carbocycles. The Morgan fingerprint density at radius 2 is 1.34 bits per heavy atom. The third-order valence-electron chi connectivity index (χ3n) is 6.94. The summed E-state index contributed by atoms with van der Waals surface area (Å²) >= 11 is 0. The lowest BCUT2D eigenvalue weighted by Gasteiger charge is -2.43. The van der Waals surface area contributed by atoms with Crippen LogP contribution in [0.5, 0.6) is 0 Å². The number of carbonyl (C=O) groups is 1. The molecule has 2 bridgehead atoms. The van der Waals surface area contributed by atoms with Crippen LogP contribution in [0, 0.1) is 10.8 Å². The van der Waals surface area contributed by atoms with Crippen LogP contribution in [0.3, 0.4) is 0 Å². The van der Waals surface area contributed by atoms with Crippen molar-refractivity contribution in [3.8, 4) is 0 Å². The van der Waals surface area contributed by atoms with Gasteiger partial charge in [-0.3, -0.25) is 4.79 Å². The molecule has 0 radical (unpaired) electrons. The first kappa shape index (κ1) is 24.4. The van der Waals surface area contributed by atoms with E-state index in [1.165, 1.54) is 0 Å². The Kier molecular flexibility index (Phi) is 5.83. The normalized spacial score (nSPS) is 28.1. The highest BCUT2D eigenvalue weighted by atomic mass is 31.1. The van der Waals surface area contributed by atoms with E-state index in [9.17, 15) is 4.79 Å². The van der Waals surface area contributed by atoms with Gasteiger partial charge in [-0.15, -0.1) is 0 Å². The van der Waals surface area contributed by atoms with E-state index >= 15 is 0 Å². The van der Waals surface area contributed by atoms with Gasteiger partial charge in [0.1, 0.15) is 0 Å². The summed E-state index contributed by atoms with van der Waals surface area (Å²) in [6.07, 6.45) is 0. The Morgan fingerprint density at radius 3 is 1.91 bits per heavy atom. The van der Waals surface area contributed by atoms with Crippen molar-refractivity contribution in [3.63, 3.8) is 0 Å². The number of benzene rings is 3. The third kappa shape index (κ3) is 3.71. The Hall–Kier alpha value is -2.32. The molecule has 4 heteroatoms. The van der Waals surface area contributed by atoms with Gasteiger partial charge in [-0.25, -0.2) is 0 Å². The molecule has 2 heterocycles. The fourth-order valence-corrected chi connectivity index (χ4v) is 9.27. The molecule has 0 unspecified atom stereocenters. The van der Waals surface area contributed by atoms with Gasteiger partial charge in [-0.1, -0.05) is 126 Å². The second kappa shape index (κ2) is 8.37. The SMILES string of the molecule is CC(C)(C)CO[P@@]1[C@H](C(C)(C)C)[C@@]2(c3ccccc3)O[C@]1(c1ccccc1)c1ccccc1C2=O. The van der Waals surface area contributed by atoms with Crippen LogP contribution in [0.15, 0.2) is 84.9 Å². The molecular formula is C31H35O3P.